The second kappa shape index (κ2) is 9.80. The van der Waals surface area contributed by atoms with Gasteiger partial charge in [-0.3, -0.25) is 4.79 Å². The van der Waals surface area contributed by atoms with E-state index >= 15 is 0 Å². The molecule has 31 heavy (non-hydrogen) atoms. The molecule has 0 aromatic heterocycles. The van der Waals surface area contributed by atoms with Gasteiger partial charge in [-0.15, -0.1) is 0 Å². The molecule has 1 amide bonds. The lowest BCUT2D eigenvalue weighted by Crippen LogP contribution is -2.45. The number of rotatable bonds is 8. The fraction of sp³-hybridized carbons (Fsp3) is 0.381. The zero-order valence-corrected chi connectivity index (χ0v) is 17.5. The van der Waals surface area contributed by atoms with Crippen LogP contribution >= 0.6 is 0 Å². The van der Waals surface area contributed by atoms with E-state index in [1.807, 2.05) is 0 Å². The summed E-state index contributed by atoms with van der Waals surface area (Å²) >= 11 is 0. The van der Waals surface area contributed by atoms with Gasteiger partial charge in [0.1, 0.15) is 12.6 Å². The fourth-order valence-electron chi connectivity index (χ4n) is 3.36. The highest BCUT2D eigenvalue weighted by Crippen LogP contribution is 2.26. The lowest BCUT2D eigenvalue weighted by molar-refractivity contribution is -0.176. The smallest absolute Gasteiger partial charge is 0.367 e. The van der Waals surface area contributed by atoms with E-state index in [1.165, 1.54) is 16.4 Å². The molecular formula is C21H23F3N2O4S. The number of nitrogens with one attached hydrogen (secondary N) is 1. The first-order valence-corrected chi connectivity index (χ1v) is 11.2. The minimum Gasteiger partial charge on any atom is -0.367 e. The van der Waals surface area contributed by atoms with Gasteiger partial charge in [0.05, 0.1) is 11.5 Å². The van der Waals surface area contributed by atoms with Crippen LogP contribution in [0.2, 0.25) is 0 Å². The van der Waals surface area contributed by atoms with Gasteiger partial charge in [0.15, 0.2) is 0 Å². The average molecular weight is 456 g/mol. The molecule has 1 fully saturated rings. The van der Waals surface area contributed by atoms with E-state index in [2.05, 4.69) is 10.1 Å². The third-order valence-corrected chi connectivity index (χ3v) is 6.80. The Hall–Kier alpha value is -2.43. The van der Waals surface area contributed by atoms with Gasteiger partial charge in [0, 0.05) is 13.1 Å². The summed E-state index contributed by atoms with van der Waals surface area (Å²) in [5, 5.41) is 2.75. The summed E-state index contributed by atoms with van der Waals surface area (Å²) in [6.45, 7) is -1.02. The van der Waals surface area contributed by atoms with Crippen LogP contribution < -0.4 is 5.32 Å². The largest absolute Gasteiger partial charge is 0.411 e. The minimum atomic E-state index is -4.37. The number of nitrogens with zero attached hydrogens (tertiary/aromatic N) is 1. The van der Waals surface area contributed by atoms with Crippen LogP contribution in [-0.4, -0.2) is 44.0 Å². The Morgan fingerprint density at radius 1 is 1.06 bits per heavy atom. The van der Waals surface area contributed by atoms with Gasteiger partial charge >= 0.3 is 6.18 Å². The number of carbonyl (C=O) groups excluding carboxylic acids is 1. The van der Waals surface area contributed by atoms with E-state index in [4.69, 9.17) is 0 Å². The van der Waals surface area contributed by atoms with E-state index in [1.54, 1.807) is 42.5 Å². The molecule has 6 nitrogen and oxygen atoms in total. The van der Waals surface area contributed by atoms with Crippen molar-refractivity contribution in [1.29, 1.82) is 0 Å². The Bertz CT molecular complexity index is 980. The summed E-state index contributed by atoms with van der Waals surface area (Å²) in [5.41, 5.74) is 1.32. The van der Waals surface area contributed by atoms with Crippen molar-refractivity contribution in [2.24, 2.45) is 0 Å². The molecule has 1 aliphatic rings. The first kappa shape index (κ1) is 23.2. The topological polar surface area (TPSA) is 75.7 Å². The monoisotopic (exact) mass is 456 g/mol. The summed E-state index contributed by atoms with van der Waals surface area (Å²) in [6, 6.07) is 13.8. The van der Waals surface area contributed by atoms with Gasteiger partial charge in [-0.25, -0.2) is 8.42 Å². The number of alkyl halides is 3. The number of carbonyl (C=O) groups is 1. The molecule has 1 atom stereocenters. The maximum absolute atomic E-state index is 12.9. The van der Waals surface area contributed by atoms with E-state index in [0.29, 0.717) is 18.4 Å². The maximum atomic E-state index is 12.9. The Morgan fingerprint density at radius 3 is 2.35 bits per heavy atom. The number of halogens is 3. The van der Waals surface area contributed by atoms with Crippen LogP contribution in [0.15, 0.2) is 59.5 Å². The van der Waals surface area contributed by atoms with Crippen LogP contribution in [0, 0.1) is 0 Å². The van der Waals surface area contributed by atoms with Gasteiger partial charge in [-0.1, -0.05) is 42.5 Å². The second-order valence-corrected chi connectivity index (χ2v) is 9.12. The van der Waals surface area contributed by atoms with E-state index in [0.717, 1.165) is 5.56 Å². The summed E-state index contributed by atoms with van der Waals surface area (Å²) in [5.74, 6) is -0.380. The highest BCUT2D eigenvalue weighted by atomic mass is 32.2. The van der Waals surface area contributed by atoms with Crippen LogP contribution in [0.25, 0.3) is 0 Å². The molecule has 1 heterocycles. The molecule has 1 unspecified atom stereocenters. The molecule has 2 aromatic carbocycles. The molecule has 0 aliphatic carbocycles. The van der Waals surface area contributed by atoms with E-state index < -0.39 is 28.8 Å². The zero-order valence-electron chi connectivity index (χ0n) is 16.6. The number of hydrogen-bond acceptors (Lipinski definition) is 4. The fourth-order valence-corrected chi connectivity index (χ4v) is 5.04. The van der Waals surface area contributed by atoms with Crippen molar-refractivity contribution in [1.82, 2.24) is 9.62 Å². The van der Waals surface area contributed by atoms with Crippen LogP contribution in [0.4, 0.5) is 13.2 Å². The quantitative estimate of drug-likeness (QED) is 0.662. The predicted octanol–water partition coefficient (Wildman–Crippen LogP) is 3.24. The van der Waals surface area contributed by atoms with Crippen LogP contribution in [0.1, 0.15) is 24.0 Å². The van der Waals surface area contributed by atoms with Crippen molar-refractivity contribution in [2.75, 3.05) is 13.2 Å². The molecule has 0 saturated carbocycles. The molecule has 1 N–H and O–H groups in total. The molecule has 2 aromatic rings. The summed E-state index contributed by atoms with van der Waals surface area (Å²) < 4.78 is 67.9. The Kier molecular flexibility index (Phi) is 7.34. The maximum Gasteiger partial charge on any atom is 0.411 e. The summed E-state index contributed by atoms with van der Waals surface area (Å²) in [4.78, 5) is 12.8. The number of ether oxygens (including phenoxy) is 1. The Morgan fingerprint density at radius 2 is 1.71 bits per heavy atom. The van der Waals surface area contributed by atoms with E-state index in [9.17, 15) is 26.4 Å². The second-order valence-electron chi connectivity index (χ2n) is 7.23. The molecule has 168 valence electrons. The number of hydrogen-bond donors (Lipinski definition) is 1. The highest BCUT2D eigenvalue weighted by Gasteiger charge is 2.39. The van der Waals surface area contributed by atoms with Gasteiger partial charge in [0.25, 0.3) is 0 Å². The van der Waals surface area contributed by atoms with Crippen molar-refractivity contribution in [2.45, 2.75) is 43.1 Å². The average Bonchev–Trinajstić information content (AvgIpc) is 3.24. The molecule has 1 saturated heterocycles. The normalized spacial score (nSPS) is 17.6. The molecule has 3 rings (SSSR count). The summed E-state index contributed by atoms with van der Waals surface area (Å²) in [7, 11) is -3.76. The number of benzene rings is 2. The third kappa shape index (κ3) is 6.28. The Labute approximate surface area is 179 Å². The molecule has 0 radical (unpaired) electrons. The third-order valence-electron chi connectivity index (χ3n) is 4.88. The predicted molar refractivity (Wildman–Crippen MR) is 107 cm³/mol. The molecular weight excluding hydrogens is 433 g/mol. The van der Waals surface area contributed by atoms with Gasteiger partial charge in [0.2, 0.25) is 15.9 Å². The molecule has 10 heteroatoms. The first-order valence-electron chi connectivity index (χ1n) is 9.74. The molecule has 1 aliphatic heterocycles. The number of sulfonamides is 1. The first-order chi connectivity index (χ1) is 14.7. The zero-order chi connectivity index (χ0) is 22.5. The van der Waals surface area contributed by atoms with Crippen LogP contribution in [0.3, 0.4) is 0 Å². The standard InChI is InChI=1S/C21H23F3N2O4S/c22-21(23,24)15-30-14-17-10-8-16(9-11-17)13-25-20(27)19-7-4-12-26(19)31(28,29)18-5-2-1-3-6-18/h1-3,5-6,8-11,19H,4,7,12-15H2,(H,25,27). The van der Waals surface area contributed by atoms with Crippen molar-refractivity contribution < 1.29 is 31.1 Å². The van der Waals surface area contributed by atoms with Crippen LogP contribution in [0.5, 0.6) is 0 Å². The SMILES string of the molecule is O=C(NCc1ccc(COCC(F)(F)F)cc1)C1CCCN1S(=O)(=O)c1ccccc1. The summed E-state index contributed by atoms with van der Waals surface area (Å²) in [6.07, 6.45) is -3.34. The lowest BCUT2D eigenvalue weighted by Gasteiger charge is -2.23. The Balaban J connectivity index is 1.55. The van der Waals surface area contributed by atoms with E-state index in [-0.39, 0.29) is 30.5 Å². The highest BCUT2D eigenvalue weighted by molar-refractivity contribution is 7.89. The lowest BCUT2D eigenvalue weighted by atomic mass is 10.1. The van der Waals surface area contributed by atoms with Gasteiger partial charge in [-0.2, -0.15) is 17.5 Å². The molecule has 0 bridgehead atoms. The van der Waals surface area contributed by atoms with Crippen LogP contribution in [-0.2, 0) is 32.7 Å². The van der Waals surface area contributed by atoms with Crippen molar-refractivity contribution in [3.05, 3.63) is 65.7 Å². The minimum absolute atomic E-state index is 0.151. The van der Waals surface area contributed by atoms with Crippen molar-refractivity contribution in [3.63, 3.8) is 0 Å². The van der Waals surface area contributed by atoms with Crippen molar-refractivity contribution >= 4 is 15.9 Å². The molecule has 0 spiro atoms. The van der Waals surface area contributed by atoms with Gasteiger partial charge in [-0.05, 0) is 36.1 Å². The van der Waals surface area contributed by atoms with Gasteiger partial charge < -0.3 is 10.1 Å². The van der Waals surface area contributed by atoms with Crippen molar-refractivity contribution in [3.8, 4) is 0 Å². The number of amides is 1.